The number of hydrogen-bond acceptors (Lipinski definition) is 6. The summed E-state index contributed by atoms with van der Waals surface area (Å²) >= 11 is 4.09. The molecule has 6 rings (SSSR count). The fourth-order valence-corrected chi connectivity index (χ4v) is 8.11. The average molecular weight is 686 g/mol. The Morgan fingerprint density at radius 2 is 1.84 bits per heavy atom. The van der Waals surface area contributed by atoms with Gasteiger partial charge in [-0.15, -0.1) is 11.8 Å². The average Bonchev–Trinajstić information content (AvgIpc) is 3.10. The first-order valence-corrected chi connectivity index (χ1v) is 15.3. The minimum Gasteiger partial charge on any atom is -0.380 e. The molecule has 0 aliphatic carbocycles. The Morgan fingerprint density at radius 1 is 1.16 bits per heavy atom. The standard InChI is InChI=1S/C29H26BrF5N4O3S/c1-4-22(40)39-14(2)8-37(9-15(39)3)26-17-5-18(29(33,34)35)23(16-6-19(30)21(32)7-20(16)31)25-24(17)38(27(41)36-26)10-28(13-43-25)11-42-12-28/h4-7,14-15H,1,8-13H2,2-3H3/t14-,15+. The van der Waals surface area contributed by atoms with Gasteiger partial charge in [-0.1, -0.05) is 6.58 Å². The zero-order valence-electron chi connectivity index (χ0n) is 23.1. The van der Waals surface area contributed by atoms with Crippen LogP contribution in [0, 0.1) is 17.0 Å². The predicted molar refractivity (Wildman–Crippen MR) is 156 cm³/mol. The highest BCUT2D eigenvalue weighted by Gasteiger charge is 2.45. The second kappa shape index (κ2) is 10.6. The quantitative estimate of drug-likeness (QED) is 0.196. The Hall–Kier alpha value is -2.97. The maximum atomic E-state index is 15.3. The van der Waals surface area contributed by atoms with E-state index in [0.717, 1.165) is 23.9 Å². The molecule has 7 nitrogen and oxygen atoms in total. The Kier molecular flexibility index (Phi) is 7.40. The number of amides is 1. The van der Waals surface area contributed by atoms with Crippen LogP contribution >= 0.6 is 27.7 Å². The smallest absolute Gasteiger partial charge is 0.380 e. The van der Waals surface area contributed by atoms with E-state index in [1.807, 2.05) is 0 Å². The van der Waals surface area contributed by atoms with Crippen LogP contribution in [-0.2, 0) is 22.3 Å². The number of alkyl halides is 3. The number of carbonyl (C=O) groups excluding carboxylic acids is 1. The number of halogens is 6. The number of piperazine rings is 1. The molecule has 1 aromatic heterocycles. The molecule has 0 N–H and O–H groups in total. The molecular formula is C29H26BrF5N4O3S. The van der Waals surface area contributed by atoms with Gasteiger partial charge >= 0.3 is 11.9 Å². The molecule has 43 heavy (non-hydrogen) atoms. The summed E-state index contributed by atoms with van der Waals surface area (Å²) in [5.41, 5.74) is -3.02. The molecule has 0 radical (unpaired) electrons. The van der Waals surface area contributed by atoms with Gasteiger partial charge in [0.1, 0.15) is 17.5 Å². The summed E-state index contributed by atoms with van der Waals surface area (Å²) in [7, 11) is 0. The summed E-state index contributed by atoms with van der Waals surface area (Å²) in [6, 6.07) is 1.72. The highest BCUT2D eigenvalue weighted by Crippen LogP contribution is 2.51. The highest BCUT2D eigenvalue weighted by atomic mass is 79.9. The molecule has 0 bridgehead atoms. The van der Waals surface area contributed by atoms with Crippen LogP contribution in [0.4, 0.5) is 27.8 Å². The van der Waals surface area contributed by atoms with E-state index in [1.54, 1.807) is 23.6 Å². The number of nitrogens with zero attached hydrogens (tertiary/aromatic N) is 4. The third-order valence-corrected chi connectivity index (χ3v) is 10.3. The molecule has 2 fully saturated rings. The summed E-state index contributed by atoms with van der Waals surface area (Å²) in [4.78, 5) is 34.0. The minimum atomic E-state index is -4.94. The zero-order chi connectivity index (χ0) is 31.0. The van der Waals surface area contributed by atoms with Crippen LogP contribution in [0.5, 0.6) is 0 Å². The lowest BCUT2D eigenvalue weighted by atomic mass is 9.88. The van der Waals surface area contributed by atoms with Gasteiger partial charge in [0, 0.05) is 70.4 Å². The van der Waals surface area contributed by atoms with Gasteiger partial charge in [-0.05, 0) is 48.0 Å². The van der Waals surface area contributed by atoms with E-state index in [1.165, 1.54) is 10.6 Å². The minimum absolute atomic E-state index is 0.0566. The molecule has 0 unspecified atom stereocenters. The summed E-state index contributed by atoms with van der Waals surface area (Å²) < 4.78 is 80.8. The summed E-state index contributed by atoms with van der Waals surface area (Å²) in [6.07, 6.45) is -3.73. The number of benzene rings is 2. The van der Waals surface area contributed by atoms with Crippen LogP contribution in [0.25, 0.3) is 22.0 Å². The van der Waals surface area contributed by atoms with Gasteiger partial charge < -0.3 is 14.5 Å². The highest BCUT2D eigenvalue weighted by molar-refractivity contribution is 9.10. The molecule has 3 aliphatic rings. The van der Waals surface area contributed by atoms with Crippen molar-refractivity contribution in [2.45, 2.75) is 43.5 Å². The fourth-order valence-electron chi connectivity index (χ4n) is 6.33. The van der Waals surface area contributed by atoms with Crippen molar-refractivity contribution in [3.63, 3.8) is 0 Å². The van der Waals surface area contributed by atoms with Crippen LogP contribution in [0.15, 0.2) is 45.0 Å². The van der Waals surface area contributed by atoms with Crippen LogP contribution in [0.3, 0.4) is 0 Å². The van der Waals surface area contributed by atoms with E-state index in [2.05, 4.69) is 27.5 Å². The molecule has 2 aromatic carbocycles. The third-order valence-electron chi connectivity index (χ3n) is 8.26. The largest absolute Gasteiger partial charge is 0.417 e. The first-order valence-electron chi connectivity index (χ1n) is 13.5. The van der Waals surface area contributed by atoms with Crippen molar-refractivity contribution >= 4 is 50.3 Å². The molecule has 3 aromatic rings. The van der Waals surface area contributed by atoms with Crippen LogP contribution in [-0.4, -0.2) is 64.5 Å². The summed E-state index contributed by atoms with van der Waals surface area (Å²) in [5.74, 6) is -2.03. The maximum Gasteiger partial charge on any atom is 0.417 e. The topological polar surface area (TPSA) is 67.7 Å². The van der Waals surface area contributed by atoms with E-state index in [4.69, 9.17) is 4.74 Å². The predicted octanol–water partition coefficient (Wildman–Crippen LogP) is 5.86. The molecule has 2 atom stereocenters. The molecule has 228 valence electrons. The second-order valence-electron chi connectivity index (χ2n) is 11.4. The maximum absolute atomic E-state index is 15.3. The van der Waals surface area contributed by atoms with Crippen molar-refractivity contribution in [1.82, 2.24) is 14.5 Å². The lowest BCUT2D eigenvalue weighted by Gasteiger charge is -2.44. The number of ether oxygens (including phenoxy) is 1. The van der Waals surface area contributed by atoms with E-state index in [0.29, 0.717) is 25.0 Å². The van der Waals surface area contributed by atoms with Gasteiger partial charge in [0.05, 0.1) is 28.8 Å². The summed E-state index contributed by atoms with van der Waals surface area (Å²) in [6.45, 7) is 8.33. The monoisotopic (exact) mass is 684 g/mol. The van der Waals surface area contributed by atoms with E-state index >= 15 is 4.39 Å². The molecule has 1 spiro atoms. The molecule has 4 heterocycles. The Balaban J connectivity index is 1.66. The lowest BCUT2D eigenvalue weighted by Crippen LogP contribution is -2.58. The van der Waals surface area contributed by atoms with Crippen molar-refractivity contribution < 1.29 is 31.5 Å². The number of carbonyl (C=O) groups is 1. The number of rotatable bonds is 3. The van der Waals surface area contributed by atoms with Gasteiger partial charge in [0.15, 0.2) is 0 Å². The molecule has 1 amide bonds. The molecule has 14 heteroatoms. The molecular weight excluding hydrogens is 659 g/mol. The van der Waals surface area contributed by atoms with Gasteiger partial charge in [0.25, 0.3) is 0 Å². The van der Waals surface area contributed by atoms with Gasteiger partial charge in [0.2, 0.25) is 5.91 Å². The molecule has 2 saturated heterocycles. The van der Waals surface area contributed by atoms with E-state index < -0.39 is 45.6 Å². The lowest BCUT2D eigenvalue weighted by molar-refractivity contribution is -0.137. The van der Waals surface area contributed by atoms with Gasteiger partial charge in [-0.2, -0.15) is 18.2 Å². The van der Waals surface area contributed by atoms with Crippen LogP contribution < -0.4 is 10.6 Å². The van der Waals surface area contributed by atoms with Crippen LogP contribution in [0.2, 0.25) is 0 Å². The number of aromatic nitrogens is 2. The van der Waals surface area contributed by atoms with Crippen molar-refractivity contribution in [3.05, 3.63) is 63.0 Å². The second-order valence-corrected chi connectivity index (χ2v) is 13.2. The Bertz CT molecular complexity index is 1730. The van der Waals surface area contributed by atoms with E-state index in [-0.39, 0.29) is 63.7 Å². The van der Waals surface area contributed by atoms with Gasteiger partial charge in [-0.3, -0.25) is 9.36 Å². The number of thioether (sulfide) groups is 1. The normalized spacial score (nSPS) is 21.6. The number of anilines is 1. The van der Waals surface area contributed by atoms with E-state index in [9.17, 15) is 27.2 Å². The van der Waals surface area contributed by atoms with Crippen LogP contribution in [0.1, 0.15) is 19.4 Å². The Labute approximate surface area is 255 Å². The first kappa shape index (κ1) is 30.1. The van der Waals surface area contributed by atoms with Crippen molar-refractivity contribution in [2.24, 2.45) is 5.41 Å². The molecule has 0 saturated carbocycles. The summed E-state index contributed by atoms with van der Waals surface area (Å²) in [5, 5.41) is 0.0833. The fraction of sp³-hybridized carbons (Fsp3) is 0.414. The van der Waals surface area contributed by atoms with Crippen molar-refractivity contribution in [1.29, 1.82) is 0 Å². The third kappa shape index (κ3) is 4.95. The van der Waals surface area contributed by atoms with Gasteiger partial charge in [-0.25, -0.2) is 13.6 Å². The Morgan fingerprint density at radius 3 is 2.42 bits per heavy atom. The molecule has 3 aliphatic heterocycles. The van der Waals surface area contributed by atoms with Crippen molar-refractivity contribution in [2.75, 3.05) is 37.0 Å². The first-order chi connectivity index (χ1) is 20.2. The number of hydrogen-bond donors (Lipinski definition) is 0. The SMILES string of the molecule is C=CC(=O)N1[C@H](C)CN(c2nc(=O)n3c4c(c(-c5cc(Br)c(F)cc5F)c(C(F)(F)F)cc24)SCC2(COC2)C3)C[C@@H]1C. The zero-order valence-corrected chi connectivity index (χ0v) is 25.5. The van der Waals surface area contributed by atoms with Crippen molar-refractivity contribution in [3.8, 4) is 11.1 Å².